The van der Waals surface area contributed by atoms with Gasteiger partial charge in [-0.1, -0.05) is 66.4 Å². The van der Waals surface area contributed by atoms with Crippen molar-refractivity contribution in [1.82, 2.24) is 0 Å². The highest BCUT2D eigenvalue weighted by atomic mass is 31.2. The number of cyclic esters (lactones) is 1. The number of ether oxygens (including phenoxy) is 5. The minimum absolute atomic E-state index is 0.0930. The Bertz CT molecular complexity index is 1140. The third kappa shape index (κ3) is 7.18. The number of hydrogen-bond acceptors (Lipinski definition) is 6. The van der Waals surface area contributed by atoms with Crippen molar-refractivity contribution in [1.29, 1.82) is 0 Å². The lowest BCUT2D eigenvalue weighted by molar-refractivity contribution is -0.145. The SMILES string of the molecule is COCOC1C(C[C@@H](CC#CC[P+](c2ccccc2)(c2ccccc2)c2ccccc2)OCOC)C(=O)O[C@H]1C. The molecule has 3 aromatic carbocycles. The number of methoxy groups -OCH3 is 2. The predicted molar refractivity (Wildman–Crippen MR) is 160 cm³/mol. The Morgan fingerprint density at radius 3 is 1.82 bits per heavy atom. The molecule has 1 heterocycles. The average molecular weight is 562 g/mol. The first-order chi connectivity index (χ1) is 19.6. The average Bonchev–Trinajstić information content (AvgIpc) is 3.27. The van der Waals surface area contributed by atoms with E-state index in [1.54, 1.807) is 14.2 Å². The molecule has 0 aromatic heterocycles. The Kier molecular flexibility index (Phi) is 11.3. The van der Waals surface area contributed by atoms with Crippen molar-refractivity contribution in [2.75, 3.05) is 34.0 Å². The van der Waals surface area contributed by atoms with Crippen LogP contribution < -0.4 is 15.9 Å². The molecular formula is C33H38O6P+. The van der Waals surface area contributed by atoms with Gasteiger partial charge in [0.1, 0.15) is 55.1 Å². The zero-order valence-corrected chi connectivity index (χ0v) is 24.3. The normalized spacial score (nSPS) is 19.5. The second-order valence-corrected chi connectivity index (χ2v) is 13.2. The Balaban J connectivity index is 1.61. The number of carbonyl (C=O) groups is 1. The van der Waals surface area contributed by atoms with Gasteiger partial charge in [-0.05, 0) is 49.7 Å². The number of hydrogen-bond donors (Lipinski definition) is 0. The zero-order valence-electron chi connectivity index (χ0n) is 23.4. The van der Waals surface area contributed by atoms with Crippen LogP contribution in [0.25, 0.3) is 0 Å². The number of benzene rings is 3. The predicted octanol–water partition coefficient (Wildman–Crippen LogP) is 4.30. The Morgan fingerprint density at radius 2 is 1.32 bits per heavy atom. The van der Waals surface area contributed by atoms with Gasteiger partial charge in [-0.25, -0.2) is 0 Å². The first-order valence-corrected chi connectivity index (χ1v) is 15.5. The molecule has 0 spiro atoms. The van der Waals surface area contributed by atoms with Crippen LogP contribution in [0.15, 0.2) is 91.0 Å². The largest absolute Gasteiger partial charge is 0.460 e. The van der Waals surface area contributed by atoms with Crippen LogP contribution in [0.3, 0.4) is 0 Å². The molecule has 40 heavy (non-hydrogen) atoms. The molecule has 0 saturated carbocycles. The molecule has 0 aliphatic carbocycles. The highest BCUT2D eigenvalue weighted by Gasteiger charge is 2.45. The van der Waals surface area contributed by atoms with E-state index in [2.05, 4.69) is 103 Å². The standard InChI is InChI=1S/C33H38O6P/c1-26-32(38-25-36-3)31(33(34)39-26)23-27(37-24-35-2)15-13-14-22-40(28-16-7-4-8-17-28,29-18-9-5-10-19-29)30-20-11-6-12-21-30/h4-12,16-21,26-27,31-32H,15,22-25H2,1-3H3/q+1/t26-,27+,31?,32?/m0/s1. The third-order valence-electron chi connectivity index (χ3n) is 7.14. The van der Waals surface area contributed by atoms with Crippen molar-refractivity contribution >= 4 is 29.1 Å². The summed E-state index contributed by atoms with van der Waals surface area (Å²) >= 11 is 0. The summed E-state index contributed by atoms with van der Waals surface area (Å²) < 4.78 is 27.5. The van der Waals surface area contributed by atoms with Crippen molar-refractivity contribution in [3.05, 3.63) is 91.0 Å². The maximum Gasteiger partial charge on any atom is 0.312 e. The molecule has 210 valence electrons. The van der Waals surface area contributed by atoms with Gasteiger partial charge in [-0.2, -0.15) is 0 Å². The van der Waals surface area contributed by atoms with E-state index in [9.17, 15) is 4.79 Å². The summed E-state index contributed by atoms with van der Waals surface area (Å²) in [7, 11) is 1.09. The second kappa shape index (κ2) is 15.1. The lowest BCUT2D eigenvalue weighted by Gasteiger charge is -2.25. The van der Waals surface area contributed by atoms with Crippen LogP contribution in [0.2, 0.25) is 0 Å². The summed E-state index contributed by atoms with van der Waals surface area (Å²) in [6, 6.07) is 32.0. The fourth-order valence-corrected chi connectivity index (χ4v) is 9.05. The van der Waals surface area contributed by atoms with Gasteiger partial charge in [-0.3, -0.25) is 4.79 Å². The van der Waals surface area contributed by atoms with E-state index in [1.807, 2.05) is 6.92 Å². The highest BCUT2D eigenvalue weighted by Crippen LogP contribution is 2.54. The van der Waals surface area contributed by atoms with E-state index in [1.165, 1.54) is 15.9 Å². The first kappa shape index (κ1) is 29.9. The summed E-state index contributed by atoms with van der Waals surface area (Å²) in [4.78, 5) is 12.6. The number of rotatable bonds is 13. The summed E-state index contributed by atoms with van der Waals surface area (Å²) in [5, 5.41) is 3.86. The fourth-order valence-electron chi connectivity index (χ4n) is 5.21. The Hall–Kier alpha value is -3.04. The topological polar surface area (TPSA) is 63.2 Å². The molecule has 1 fully saturated rings. The molecule has 6 nitrogen and oxygen atoms in total. The molecule has 1 aliphatic rings. The molecule has 1 saturated heterocycles. The van der Waals surface area contributed by atoms with Gasteiger partial charge in [0.25, 0.3) is 0 Å². The van der Waals surface area contributed by atoms with E-state index >= 15 is 0 Å². The van der Waals surface area contributed by atoms with Gasteiger partial charge in [0.05, 0.1) is 12.0 Å². The van der Waals surface area contributed by atoms with E-state index in [0.29, 0.717) is 19.0 Å². The summed E-state index contributed by atoms with van der Waals surface area (Å²) in [6.07, 6.45) is 0.492. The van der Waals surface area contributed by atoms with E-state index < -0.39 is 19.3 Å². The van der Waals surface area contributed by atoms with Crippen LogP contribution in [0.1, 0.15) is 19.8 Å². The minimum Gasteiger partial charge on any atom is -0.460 e. The third-order valence-corrected chi connectivity index (χ3v) is 11.3. The van der Waals surface area contributed by atoms with Gasteiger partial charge in [0.2, 0.25) is 0 Å². The molecule has 0 bridgehead atoms. The van der Waals surface area contributed by atoms with Gasteiger partial charge in [0, 0.05) is 20.6 Å². The Labute approximate surface area is 238 Å². The lowest BCUT2D eigenvalue weighted by atomic mass is 9.94. The van der Waals surface area contributed by atoms with Crippen molar-refractivity contribution in [2.24, 2.45) is 5.92 Å². The van der Waals surface area contributed by atoms with Crippen LogP contribution >= 0.6 is 7.26 Å². The molecule has 4 rings (SSSR count). The smallest absolute Gasteiger partial charge is 0.312 e. The highest BCUT2D eigenvalue weighted by molar-refractivity contribution is 7.95. The molecule has 3 aromatic rings. The molecule has 1 aliphatic heterocycles. The molecule has 7 heteroatoms. The van der Waals surface area contributed by atoms with Crippen LogP contribution in [0, 0.1) is 17.8 Å². The quantitative estimate of drug-likeness (QED) is 0.134. The van der Waals surface area contributed by atoms with Crippen LogP contribution in [-0.2, 0) is 28.5 Å². The van der Waals surface area contributed by atoms with E-state index in [4.69, 9.17) is 23.7 Å². The van der Waals surface area contributed by atoms with Gasteiger partial charge in [-0.15, -0.1) is 0 Å². The molecule has 0 amide bonds. The van der Waals surface area contributed by atoms with E-state index in [-0.39, 0.29) is 31.8 Å². The van der Waals surface area contributed by atoms with Crippen LogP contribution in [0.5, 0.6) is 0 Å². The summed E-state index contributed by atoms with van der Waals surface area (Å²) in [5.41, 5.74) is 0. The van der Waals surface area contributed by atoms with Gasteiger partial charge in [0.15, 0.2) is 0 Å². The second-order valence-electron chi connectivity index (χ2n) is 9.75. The fraction of sp³-hybridized carbons (Fsp3) is 0.364. The lowest BCUT2D eigenvalue weighted by Crippen LogP contribution is -2.33. The zero-order chi connectivity index (χ0) is 28.2. The van der Waals surface area contributed by atoms with Crippen molar-refractivity contribution in [3.8, 4) is 11.8 Å². The minimum atomic E-state index is -2.05. The molecule has 4 atom stereocenters. The Morgan fingerprint density at radius 1 is 0.800 bits per heavy atom. The van der Waals surface area contributed by atoms with Crippen molar-refractivity contribution in [2.45, 2.75) is 38.1 Å². The van der Waals surface area contributed by atoms with Crippen LogP contribution in [0.4, 0.5) is 0 Å². The molecule has 2 unspecified atom stereocenters. The summed E-state index contributed by atoms with van der Waals surface area (Å²) in [6.45, 7) is 2.04. The van der Waals surface area contributed by atoms with Crippen molar-refractivity contribution < 1.29 is 28.5 Å². The molecule has 0 N–H and O–H groups in total. The maximum absolute atomic E-state index is 12.6. The summed E-state index contributed by atoms with van der Waals surface area (Å²) in [5.74, 6) is 6.18. The monoisotopic (exact) mass is 561 g/mol. The van der Waals surface area contributed by atoms with Crippen LogP contribution in [-0.4, -0.2) is 58.2 Å². The number of carbonyl (C=O) groups excluding carboxylic acids is 1. The number of esters is 1. The first-order valence-electron chi connectivity index (χ1n) is 13.5. The van der Waals surface area contributed by atoms with E-state index in [0.717, 1.165) is 0 Å². The van der Waals surface area contributed by atoms with Gasteiger partial charge >= 0.3 is 5.97 Å². The molecular weight excluding hydrogens is 523 g/mol. The maximum atomic E-state index is 12.6. The molecule has 0 radical (unpaired) electrons. The van der Waals surface area contributed by atoms with Crippen molar-refractivity contribution in [3.63, 3.8) is 0 Å². The van der Waals surface area contributed by atoms with Gasteiger partial charge < -0.3 is 23.7 Å².